The topological polar surface area (TPSA) is 37.4 Å². The minimum Gasteiger partial charge on any atom is -0.205 e. The van der Waals surface area contributed by atoms with Crippen LogP contribution in [0.3, 0.4) is 0 Å². The molecule has 1 aromatic rings. The van der Waals surface area contributed by atoms with Crippen LogP contribution >= 0.6 is 11.8 Å². The first kappa shape index (κ1) is 11.3. The summed E-state index contributed by atoms with van der Waals surface area (Å²) in [5.74, 6) is 0.0609. The standard InChI is InChI=1S/C9H12ClNO2S/c1-2-8-14(12,13)11(10)9-6-4-3-5-7-9/h3-7H,2,8H2,1H3. The first-order chi connectivity index (χ1) is 6.58. The second-order valence-electron chi connectivity index (χ2n) is 2.87. The molecule has 14 heavy (non-hydrogen) atoms. The highest BCUT2D eigenvalue weighted by Gasteiger charge is 2.18. The minimum atomic E-state index is -3.36. The van der Waals surface area contributed by atoms with Crippen LogP contribution in [0.2, 0.25) is 0 Å². The van der Waals surface area contributed by atoms with Gasteiger partial charge in [0.25, 0.3) is 0 Å². The van der Waals surface area contributed by atoms with Gasteiger partial charge >= 0.3 is 0 Å². The molecule has 0 aromatic heterocycles. The lowest BCUT2D eigenvalue weighted by molar-refractivity contribution is 0.596. The second-order valence-corrected chi connectivity index (χ2v) is 5.34. The van der Waals surface area contributed by atoms with Crippen molar-refractivity contribution in [2.45, 2.75) is 13.3 Å². The van der Waals surface area contributed by atoms with Gasteiger partial charge in [0.2, 0.25) is 10.0 Å². The average molecular weight is 234 g/mol. The fraction of sp³-hybridized carbons (Fsp3) is 0.333. The van der Waals surface area contributed by atoms with Crippen LogP contribution in [0.15, 0.2) is 30.3 Å². The van der Waals surface area contributed by atoms with E-state index in [1.807, 2.05) is 0 Å². The molecule has 0 aliphatic rings. The molecule has 78 valence electrons. The van der Waals surface area contributed by atoms with E-state index in [0.717, 1.165) is 3.82 Å². The van der Waals surface area contributed by atoms with E-state index in [0.29, 0.717) is 12.1 Å². The van der Waals surface area contributed by atoms with E-state index in [9.17, 15) is 8.42 Å². The number of benzene rings is 1. The van der Waals surface area contributed by atoms with Crippen molar-refractivity contribution in [1.29, 1.82) is 0 Å². The summed E-state index contributed by atoms with van der Waals surface area (Å²) in [6, 6.07) is 8.60. The minimum absolute atomic E-state index is 0.0609. The number of hydrogen-bond acceptors (Lipinski definition) is 2. The molecule has 0 radical (unpaired) electrons. The molecule has 0 aliphatic heterocycles. The van der Waals surface area contributed by atoms with Gasteiger partial charge in [0.15, 0.2) is 0 Å². The van der Waals surface area contributed by atoms with E-state index < -0.39 is 10.0 Å². The van der Waals surface area contributed by atoms with E-state index in [1.54, 1.807) is 37.3 Å². The number of hydrogen-bond donors (Lipinski definition) is 0. The predicted octanol–water partition coefficient (Wildman–Crippen LogP) is 2.39. The molecule has 0 unspecified atom stereocenters. The van der Waals surface area contributed by atoms with Crippen molar-refractivity contribution >= 4 is 27.5 Å². The Morgan fingerprint density at radius 1 is 1.29 bits per heavy atom. The summed E-state index contributed by atoms with van der Waals surface area (Å²) in [6.45, 7) is 1.80. The summed E-state index contributed by atoms with van der Waals surface area (Å²) in [7, 11) is -3.36. The summed E-state index contributed by atoms with van der Waals surface area (Å²) in [6.07, 6.45) is 0.554. The van der Waals surface area contributed by atoms with E-state index in [1.165, 1.54) is 0 Å². The van der Waals surface area contributed by atoms with Gasteiger partial charge in [0.1, 0.15) is 0 Å². The Bertz CT molecular complexity index is 377. The largest absolute Gasteiger partial charge is 0.248 e. The zero-order valence-corrected chi connectivity index (χ0v) is 9.42. The van der Waals surface area contributed by atoms with Crippen LogP contribution in [0.4, 0.5) is 5.69 Å². The van der Waals surface area contributed by atoms with Crippen LogP contribution in [0.25, 0.3) is 0 Å². The molecule has 0 saturated carbocycles. The number of sulfonamides is 1. The number of nitrogens with zero attached hydrogens (tertiary/aromatic N) is 1. The molecule has 0 fully saturated rings. The van der Waals surface area contributed by atoms with Gasteiger partial charge in [-0.3, -0.25) is 0 Å². The van der Waals surface area contributed by atoms with Crippen molar-refractivity contribution in [1.82, 2.24) is 0 Å². The molecule has 0 atom stereocenters. The number of rotatable bonds is 4. The summed E-state index contributed by atoms with van der Waals surface area (Å²) in [4.78, 5) is 0. The van der Waals surface area contributed by atoms with Crippen LogP contribution in [0.5, 0.6) is 0 Å². The van der Waals surface area contributed by atoms with Crippen molar-refractivity contribution in [3.63, 3.8) is 0 Å². The third-order valence-electron chi connectivity index (χ3n) is 1.67. The Balaban J connectivity index is 2.91. The van der Waals surface area contributed by atoms with Crippen molar-refractivity contribution in [2.75, 3.05) is 9.58 Å². The van der Waals surface area contributed by atoms with Gasteiger partial charge in [-0.1, -0.05) is 25.1 Å². The number of halogens is 1. The molecule has 1 aromatic carbocycles. The average Bonchev–Trinajstić information content (AvgIpc) is 2.18. The zero-order chi connectivity index (χ0) is 10.6. The summed E-state index contributed by atoms with van der Waals surface area (Å²) < 4.78 is 23.9. The van der Waals surface area contributed by atoms with Gasteiger partial charge in [-0.25, -0.2) is 8.42 Å². The van der Waals surface area contributed by atoms with Crippen LogP contribution in [-0.4, -0.2) is 14.2 Å². The second kappa shape index (κ2) is 4.66. The highest BCUT2D eigenvalue weighted by Crippen LogP contribution is 2.20. The third kappa shape index (κ3) is 2.62. The molecule has 0 N–H and O–H groups in total. The maximum absolute atomic E-state index is 11.5. The van der Waals surface area contributed by atoms with Crippen molar-refractivity contribution in [3.8, 4) is 0 Å². The summed E-state index contributed by atoms with van der Waals surface area (Å²) in [5, 5.41) is 0. The summed E-state index contributed by atoms with van der Waals surface area (Å²) >= 11 is 5.72. The highest BCUT2D eigenvalue weighted by atomic mass is 35.5. The molecule has 1 rings (SSSR count). The molecular formula is C9H12ClNO2S. The van der Waals surface area contributed by atoms with Gasteiger partial charge in [0, 0.05) is 11.8 Å². The van der Waals surface area contributed by atoms with Gasteiger partial charge < -0.3 is 0 Å². The SMILES string of the molecule is CCCS(=O)(=O)N(Cl)c1ccccc1. The van der Waals surface area contributed by atoms with Gasteiger partial charge in [-0.05, 0) is 18.6 Å². The molecule has 0 aliphatic carbocycles. The van der Waals surface area contributed by atoms with Crippen LogP contribution in [-0.2, 0) is 10.0 Å². The van der Waals surface area contributed by atoms with Crippen molar-refractivity contribution in [3.05, 3.63) is 30.3 Å². The molecule has 0 bridgehead atoms. The smallest absolute Gasteiger partial charge is 0.205 e. The van der Waals surface area contributed by atoms with E-state index in [4.69, 9.17) is 11.8 Å². The van der Waals surface area contributed by atoms with Gasteiger partial charge in [-0.15, -0.1) is 0 Å². The van der Waals surface area contributed by atoms with Crippen LogP contribution in [0, 0.1) is 0 Å². The highest BCUT2D eigenvalue weighted by molar-refractivity contribution is 7.94. The van der Waals surface area contributed by atoms with Crippen LogP contribution < -0.4 is 3.82 Å². The Morgan fingerprint density at radius 2 is 1.86 bits per heavy atom. The molecule has 0 spiro atoms. The fourth-order valence-electron chi connectivity index (χ4n) is 1.04. The van der Waals surface area contributed by atoms with Crippen LogP contribution in [0.1, 0.15) is 13.3 Å². The van der Waals surface area contributed by atoms with E-state index >= 15 is 0 Å². The first-order valence-corrected chi connectivity index (χ1v) is 6.26. The van der Waals surface area contributed by atoms with E-state index in [2.05, 4.69) is 0 Å². The lowest BCUT2D eigenvalue weighted by atomic mass is 10.3. The lowest BCUT2D eigenvalue weighted by Crippen LogP contribution is -2.23. The van der Waals surface area contributed by atoms with Crippen molar-refractivity contribution < 1.29 is 8.42 Å². The molecule has 0 amide bonds. The Kier molecular flexibility index (Phi) is 3.77. The summed E-state index contributed by atoms with van der Waals surface area (Å²) in [5.41, 5.74) is 0.475. The quantitative estimate of drug-likeness (QED) is 0.749. The number of anilines is 1. The zero-order valence-electron chi connectivity index (χ0n) is 7.85. The third-order valence-corrected chi connectivity index (χ3v) is 4.11. The fourth-order valence-corrected chi connectivity index (χ4v) is 2.48. The van der Waals surface area contributed by atoms with E-state index in [-0.39, 0.29) is 5.75 Å². The normalized spacial score (nSPS) is 11.3. The molecule has 3 nitrogen and oxygen atoms in total. The molecule has 0 saturated heterocycles. The van der Waals surface area contributed by atoms with Crippen molar-refractivity contribution in [2.24, 2.45) is 0 Å². The molecule has 5 heteroatoms. The van der Waals surface area contributed by atoms with Gasteiger partial charge in [0.05, 0.1) is 11.4 Å². The van der Waals surface area contributed by atoms with Gasteiger partial charge in [-0.2, -0.15) is 3.82 Å². The maximum atomic E-state index is 11.5. The Morgan fingerprint density at radius 3 is 2.36 bits per heavy atom. The molecule has 0 heterocycles. The maximum Gasteiger partial charge on any atom is 0.248 e. The monoisotopic (exact) mass is 233 g/mol. The first-order valence-electron chi connectivity index (χ1n) is 4.32. The number of para-hydroxylation sites is 1. The predicted molar refractivity (Wildman–Crippen MR) is 58.9 cm³/mol. The Labute approximate surface area is 89.5 Å². The molecular weight excluding hydrogens is 222 g/mol. The Hall–Kier alpha value is -0.740. The lowest BCUT2D eigenvalue weighted by Gasteiger charge is -2.14.